The maximum Gasteiger partial charge on any atom is 0.277 e. The molecule has 4 rings (SSSR count). The van der Waals surface area contributed by atoms with Crippen LogP contribution in [-0.2, 0) is 0 Å². The van der Waals surface area contributed by atoms with E-state index in [2.05, 4.69) is 20.2 Å². The van der Waals surface area contributed by atoms with Crippen LogP contribution in [0, 0.1) is 11.7 Å². The Morgan fingerprint density at radius 1 is 1.18 bits per heavy atom. The van der Waals surface area contributed by atoms with E-state index in [-0.39, 0.29) is 11.4 Å². The number of hydrogen-bond acceptors (Lipinski definition) is 6. The third-order valence-electron chi connectivity index (χ3n) is 5.66. The van der Waals surface area contributed by atoms with Gasteiger partial charge in [0.05, 0.1) is 5.56 Å². The summed E-state index contributed by atoms with van der Waals surface area (Å²) in [4.78, 5) is 21.9. The van der Waals surface area contributed by atoms with Gasteiger partial charge >= 0.3 is 0 Å². The minimum Gasteiger partial charge on any atom is -0.341 e. The molecule has 7 nitrogen and oxygen atoms in total. The van der Waals surface area contributed by atoms with E-state index in [4.69, 9.17) is 5.21 Å². The number of halogens is 1. The normalized spacial score (nSPS) is 22.1. The Morgan fingerprint density at radius 2 is 1.86 bits per heavy atom. The van der Waals surface area contributed by atoms with Crippen molar-refractivity contribution in [3.63, 3.8) is 0 Å². The molecule has 148 valence electrons. The van der Waals surface area contributed by atoms with Crippen molar-refractivity contribution in [3.8, 4) is 0 Å². The molecule has 2 atom stereocenters. The largest absolute Gasteiger partial charge is 0.341 e. The number of carbonyl (C=O) groups excluding carboxylic acids is 1. The van der Waals surface area contributed by atoms with Crippen molar-refractivity contribution in [2.24, 2.45) is 5.92 Å². The van der Waals surface area contributed by atoms with E-state index in [9.17, 15) is 9.18 Å². The number of amides is 1. The number of benzene rings is 1. The summed E-state index contributed by atoms with van der Waals surface area (Å²) >= 11 is 0. The van der Waals surface area contributed by atoms with Gasteiger partial charge in [-0.25, -0.2) is 19.8 Å². The van der Waals surface area contributed by atoms with E-state index in [1.165, 1.54) is 30.1 Å². The van der Waals surface area contributed by atoms with E-state index in [1.807, 2.05) is 12.1 Å². The maximum atomic E-state index is 13.0. The highest BCUT2D eigenvalue weighted by Gasteiger charge is 2.38. The molecule has 1 aromatic carbocycles. The Hall–Kier alpha value is -2.58. The Labute approximate surface area is 163 Å². The second kappa shape index (κ2) is 8.20. The van der Waals surface area contributed by atoms with Crippen molar-refractivity contribution < 1.29 is 14.4 Å². The first-order valence-electron chi connectivity index (χ1n) is 9.64. The van der Waals surface area contributed by atoms with E-state index >= 15 is 0 Å². The molecule has 2 heterocycles. The predicted molar refractivity (Wildman–Crippen MR) is 102 cm³/mol. The molecule has 2 aromatic rings. The van der Waals surface area contributed by atoms with Gasteiger partial charge in [0.2, 0.25) is 5.95 Å². The molecule has 0 bridgehead atoms. The summed E-state index contributed by atoms with van der Waals surface area (Å²) in [6.07, 6.45) is 6.08. The summed E-state index contributed by atoms with van der Waals surface area (Å²) in [7, 11) is 0. The van der Waals surface area contributed by atoms with Gasteiger partial charge in [-0.05, 0) is 49.4 Å². The first-order chi connectivity index (χ1) is 13.6. The van der Waals surface area contributed by atoms with Crippen LogP contribution in [0.15, 0.2) is 36.7 Å². The number of piperidine rings is 1. The van der Waals surface area contributed by atoms with Crippen LogP contribution in [0.5, 0.6) is 0 Å². The van der Waals surface area contributed by atoms with Crippen LogP contribution < -0.4 is 15.7 Å². The highest BCUT2D eigenvalue weighted by atomic mass is 19.1. The lowest BCUT2D eigenvalue weighted by molar-refractivity contribution is 0.0705. The van der Waals surface area contributed by atoms with Crippen molar-refractivity contribution in [3.05, 3.63) is 53.6 Å². The Kier molecular flexibility index (Phi) is 5.50. The van der Waals surface area contributed by atoms with E-state index < -0.39 is 5.91 Å². The highest BCUT2D eigenvalue weighted by Crippen LogP contribution is 2.41. The number of nitrogens with zero attached hydrogens (tertiary/aromatic N) is 3. The lowest BCUT2D eigenvalue weighted by atomic mass is 9.97. The molecule has 1 saturated heterocycles. The second-order valence-corrected chi connectivity index (χ2v) is 7.55. The molecule has 1 amide bonds. The zero-order valence-electron chi connectivity index (χ0n) is 15.5. The van der Waals surface area contributed by atoms with E-state index in [0.29, 0.717) is 23.8 Å². The van der Waals surface area contributed by atoms with Gasteiger partial charge in [-0.2, -0.15) is 0 Å². The summed E-state index contributed by atoms with van der Waals surface area (Å²) < 4.78 is 13.0. The molecular weight excluding hydrogens is 361 g/mol. The molecule has 8 heteroatoms. The quantitative estimate of drug-likeness (QED) is 0.521. The Morgan fingerprint density at radius 3 is 2.50 bits per heavy atom. The lowest BCUT2D eigenvalue weighted by Crippen LogP contribution is -2.38. The molecule has 28 heavy (non-hydrogen) atoms. The Balaban J connectivity index is 1.21. The molecule has 2 aliphatic rings. The van der Waals surface area contributed by atoms with Crippen LogP contribution in [0.3, 0.4) is 0 Å². The average Bonchev–Trinajstić information content (AvgIpc) is 3.52. The standard InChI is InChI=1S/C20H24FN5O2/c21-16-3-1-14(2-4-16)17-9-18(17)22-10-13-5-7-26(8-6-13)20-23-11-15(12-24-20)19(27)25-28/h1-4,11-13,17-18,22,28H,5-10H2,(H,25,27). The number of anilines is 1. The monoisotopic (exact) mass is 385 g/mol. The van der Waals surface area contributed by atoms with E-state index in [0.717, 1.165) is 38.9 Å². The van der Waals surface area contributed by atoms with Crippen LogP contribution >= 0.6 is 0 Å². The fourth-order valence-electron chi connectivity index (χ4n) is 3.82. The van der Waals surface area contributed by atoms with E-state index in [1.54, 1.807) is 5.48 Å². The lowest BCUT2D eigenvalue weighted by Gasteiger charge is -2.32. The number of nitrogens with one attached hydrogen (secondary N) is 2. The van der Waals surface area contributed by atoms with Crippen LogP contribution in [0.25, 0.3) is 0 Å². The number of rotatable bonds is 6. The Bertz CT molecular complexity index is 806. The van der Waals surface area contributed by atoms with Gasteiger partial charge < -0.3 is 10.2 Å². The minimum atomic E-state index is -0.615. The van der Waals surface area contributed by atoms with Crippen LogP contribution in [0.4, 0.5) is 10.3 Å². The van der Waals surface area contributed by atoms with Gasteiger partial charge in [0, 0.05) is 37.4 Å². The number of aromatic nitrogens is 2. The van der Waals surface area contributed by atoms with Gasteiger partial charge in [-0.15, -0.1) is 0 Å². The van der Waals surface area contributed by atoms with Crippen molar-refractivity contribution in [2.75, 3.05) is 24.5 Å². The zero-order chi connectivity index (χ0) is 19.5. The summed E-state index contributed by atoms with van der Waals surface area (Å²) in [5.74, 6) is 0.930. The third-order valence-corrected chi connectivity index (χ3v) is 5.66. The smallest absolute Gasteiger partial charge is 0.277 e. The van der Waals surface area contributed by atoms with Crippen molar-refractivity contribution in [2.45, 2.75) is 31.2 Å². The van der Waals surface area contributed by atoms with Gasteiger partial charge in [0.25, 0.3) is 5.91 Å². The molecule has 2 fully saturated rings. The fourth-order valence-corrected chi connectivity index (χ4v) is 3.82. The molecule has 2 unspecified atom stereocenters. The number of hydrogen-bond donors (Lipinski definition) is 3. The second-order valence-electron chi connectivity index (χ2n) is 7.55. The van der Waals surface area contributed by atoms with Crippen molar-refractivity contribution in [1.82, 2.24) is 20.8 Å². The maximum absolute atomic E-state index is 13.0. The molecule has 3 N–H and O–H groups in total. The average molecular weight is 385 g/mol. The topological polar surface area (TPSA) is 90.4 Å². The number of carbonyl (C=O) groups is 1. The van der Waals surface area contributed by atoms with Crippen LogP contribution in [-0.4, -0.2) is 46.8 Å². The molecular formula is C20H24FN5O2. The summed E-state index contributed by atoms with van der Waals surface area (Å²) in [6.45, 7) is 2.75. The van der Waals surface area contributed by atoms with Crippen molar-refractivity contribution in [1.29, 1.82) is 0 Å². The molecule has 1 saturated carbocycles. The zero-order valence-corrected chi connectivity index (χ0v) is 15.5. The molecule has 0 spiro atoms. The highest BCUT2D eigenvalue weighted by molar-refractivity contribution is 5.92. The molecule has 1 aromatic heterocycles. The molecule has 1 aliphatic heterocycles. The van der Waals surface area contributed by atoms with Crippen LogP contribution in [0.2, 0.25) is 0 Å². The summed E-state index contributed by atoms with van der Waals surface area (Å²) in [5.41, 5.74) is 3.01. The van der Waals surface area contributed by atoms with Gasteiger partial charge in [-0.3, -0.25) is 10.0 Å². The predicted octanol–water partition coefficient (Wildman–Crippen LogP) is 2.10. The molecule has 1 aliphatic carbocycles. The SMILES string of the molecule is O=C(NO)c1cnc(N2CCC(CNC3CC3c3ccc(F)cc3)CC2)nc1. The minimum absolute atomic E-state index is 0.184. The first kappa shape index (κ1) is 18.8. The van der Waals surface area contributed by atoms with Gasteiger partial charge in [-0.1, -0.05) is 12.1 Å². The number of hydroxylamine groups is 1. The summed E-state index contributed by atoms with van der Waals surface area (Å²) in [5, 5.41) is 12.3. The summed E-state index contributed by atoms with van der Waals surface area (Å²) in [6, 6.07) is 7.33. The molecule has 0 radical (unpaired) electrons. The third kappa shape index (κ3) is 4.28. The first-order valence-corrected chi connectivity index (χ1v) is 9.64. The van der Waals surface area contributed by atoms with Gasteiger partial charge in [0.1, 0.15) is 5.82 Å². The fraction of sp³-hybridized carbons (Fsp3) is 0.450. The van der Waals surface area contributed by atoms with Crippen molar-refractivity contribution >= 4 is 11.9 Å². The van der Waals surface area contributed by atoms with Gasteiger partial charge in [0.15, 0.2) is 0 Å². The van der Waals surface area contributed by atoms with Crippen LogP contribution in [0.1, 0.15) is 41.1 Å².